The van der Waals surface area contributed by atoms with Crippen LogP contribution in [0.25, 0.3) is 0 Å². The number of hydrogen-bond donors (Lipinski definition) is 0. The van der Waals surface area contributed by atoms with Crippen molar-refractivity contribution < 1.29 is 0 Å². The summed E-state index contributed by atoms with van der Waals surface area (Å²) in [5, 5.41) is 0. The number of rotatable bonds is 1. The van der Waals surface area contributed by atoms with Crippen LogP contribution in [0.1, 0.15) is 18.1 Å². The fourth-order valence-corrected chi connectivity index (χ4v) is 1.04. The van der Waals surface area contributed by atoms with Crippen LogP contribution in [-0.4, -0.2) is 0 Å². The monoisotopic (exact) mass is 190 g/mol. The van der Waals surface area contributed by atoms with Crippen LogP contribution in [0.4, 0.5) is 0 Å². The van der Waals surface area contributed by atoms with Crippen molar-refractivity contribution in [3.8, 4) is 11.8 Å². The number of hydrogen-bond acceptors (Lipinski definition) is 0. The van der Waals surface area contributed by atoms with Crippen LogP contribution < -0.4 is 0 Å². The second-order valence-corrected chi connectivity index (χ2v) is 2.86. The van der Waals surface area contributed by atoms with E-state index in [1.165, 1.54) is 11.1 Å². The normalized spacial score (nSPS) is 9.69. The zero-order valence-electron chi connectivity index (χ0n) is 7.55. The van der Waals surface area contributed by atoms with Crippen LogP contribution >= 0.6 is 11.6 Å². The summed E-state index contributed by atoms with van der Waals surface area (Å²) in [6, 6.07) is 8.23. The minimum atomic E-state index is 1.02. The van der Waals surface area contributed by atoms with Gasteiger partial charge in [-0.15, -0.1) is 0 Å². The van der Waals surface area contributed by atoms with Crippen LogP contribution in [0.3, 0.4) is 0 Å². The molecule has 1 heteroatoms. The minimum Gasteiger partial charge on any atom is -0.0923 e. The first-order chi connectivity index (χ1) is 6.36. The number of allylic oxidation sites excluding steroid dienone is 1. The molecule has 0 nitrogen and oxygen atoms in total. The van der Waals surface area contributed by atoms with Gasteiger partial charge in [0.1, 0.15) is 0 Å². The molecule has 0 heterocycles. The highest BCUT2D eigenvalue weighted by Gasteiger charge is 1.87. The van der Waals surface area contributed by atoms with Crippen molar-refractivity contribution in [3.63, 3.8) is 0 Å². The molecule has 0 bridgehead atoms. The maximum Gasteiger partial charge on any atom is 0.0249 e. The third kappa shape index (κ3) is 3.36. The third-order valence-corrected chi connectivity index (χ3v) is 1.85. The fourth-order valence-electron chi connectivity index (χ4n) is 0.980. The molecule has 0 unspecified atom stereocenters. The summed E-state index contributed by atoms with van der Waals surface area (Å²) in [4.78, 5) is 0. The Labute approximate surface area is 84.2 Å². The van der Waals surface area contributed by atoms with Gasteiger partial charge in [0.15, 0.2) is 0 Å². The van der Waals surface area contributed by atoms with Crippen molar-refractivity contribution in [2.75, 3.05) is 0 Å². The SMILES string of the molecule is CCc1ccc(C#C/C=C/Cl)cc1. The molecule has 1 aromatic rings. The van der Waals surface area contributed by atoms with Crippen LogP contribution in [0.5, 0.6) is 0 Å². The summed E-state index contributed by atoms with van der Waals surface area (Å²) in [6.45, 7) is 2.14. The zero-order valence-corrected chi connectivity index (χ0v) is 8.31. The third-order valence-electron chi connectivity index (χ3n) is 1.73. The summed E-state index contributed by atoms with van der Waals surface area (Å²) in [5.41, 5.74) is 3.76. The largest absolute Gasteiger partial charge is 0.0923 e. The Balaban J connectivity index is 2.76. The smallest absolute Gasteiger partial charge is 0.0249 e. The summed E-state index contributed by atoms with van der Waals surface area (Å²) in [7, 11) is 0. The minimum absolute atomic E-state index is 1.02. The van der Waals surface area contributed by atoms with Crippen LogP contribution in [-0.2, 0) is 6.42 Å². The second-order valence-electron chi connectivity index (χ2n) is 2.61. The highest BCUT2D eigenvalue weighted by Crippen LogP contribution is 2.03. The van der Waals surface area contributed by atoms with E-state index in [2.05, 4.69) is 30.9 Å². The van der Waals surface area contributed by atoms with E-state index < -0.39 is 0 Å². The van der Waals surface area contributed by atoms with Gasteiger partial charge in [0.05, 0.1) is 0 Å². The molecule has 0 saturated carbocycles. The quantitative estimate of drug-likeness (QED) is 0.596. The van der Waals surface area contributed by atoms with Crippen molar-refractivity contribution >= 4 is 11.6 Å². The number of aryl methyl sites for hydroxylation is 1. The van der Waals surface area contributed by atoms with E-state index in [0.29, 0.717) is 0 Å². The van der Waals surface area contributed by atoms with Gasteiger partial charge in [-0.05, 0) is 30.2 Å². The molecule has 1 rings (SSSR count). The Morgan fingerprint density at radius 3 is 2.54 bits per heavy atom. The zero-order chi connectivity index (χ0) is 9.52. The molecule has 0 aliphatic carbocycles. The molecule has 0 atom stereocenters. The lowest BCUT2D eigenvalue weighted by atomic mass is 10.1. The first kappa shape index (κ1) is 9.89. The molecule has 0 N–H and O–H groups in total. The van der Waals surface area contributed by atoms with Gasteiger partial charge in [0.2, 0.25) is 0 Å². The highest BCUT2D eigenvalue weighted by atomic mass is 35.5. The summed E-state index contributed by atoms with van der Waals surface area (Å²) in [5.74, 6) is 5.80. The van der Waals surface area contributed by atoms with Crippen LogP contribution in [0.2, 0.25) is 0 Å². The maximum atomic E-state index is 5.33. The van der Waals surface area contributed by atoms with Crippen molar-refractivity contribution in [2.24, 2.45) is 0 Å². The summed E-state index contributed by atoms with van der Waals surface area (Å²) < 4.78 is 0. The lowest BCUT2D eigenvalue weighted by molar-refractivity contribution is 1.14. The molecule has 0 aliphatic heterocycles. The van der Waals surface area contributed by atoms with Gasteiger partial charge in [0, 0.05) is 11.1 Å². The van der Waals surface area contributed by atoms with Crippen LogP contribution in [0.15, 0.2) is 35.9 Å². The predicted octanol–water partition coefficient (Wildman–Crippen LogP) is 3.35. The maximum absolute atomic E-state index is 5.33. The lowest BCUT2D eigenvalue weighted by Gasteiger charge is -1.94. The topological polar surface area (TPSA) is 0 Å². The van der Waals surface area contributed by atoms with Gasteiger partial charge in [-0.3, -0.25) is 0 Å². The molecule has 13 heavy (non-hydrogen) atoms. The average molecular weight is 191 g/mol. The Hall–Kier alpha value is -1.19. The molecule has 0 radical (unpaired) electrons. The van der Waals surface area contributed by atoms with E-state index in [1.807, 2.05) is 12.1 Å². The molecule has 0 amide bonds. The van der Waals surface area contributed by atoms with Crippen molar-refractivity contribution in [2.45, 2.75) is 13.3 Å². The van der Waals surface area contributed by atoms with E-state index in [9.17, 15) is 0 Å². The molecular formula is C12H11Cl. The van der Waals surface area contributed by atoms with E-state index in [4.69, 9.17) is 11.6 Å². The highest BCUT2D eigenvalue weighted by molar-refractivity contribution is 6.25. The molecule has 0 fully saturated rings. The average Bonchev–Trinajstić information content (AvgIpc) is 2.19. The molecule has 0 saturated heterocycles. The van der Waals surface area contributed by atoms with Gasteiger partial charge in [-0.1, -0.05) is 42.5 Å². The molecule has 0 aromatic heterocycles. The summed E-state index contributed by atoms with van der Waals surface area (Å²) in [6.07, 6.45) is 2.69. The van der Waals surface area contributed by atoms with Crippen molar-refractivity contribution in [1.82, 2.24) is 0 Å². The number of benzene rings is 1. The molecule has 0 spiro atoms. The first-order valence-corrected chi connectivity index (χ1v) is 4.66. The van der Waals surface area contributed by atoms with Gasteiger partial charge >= 0.3 is 0 Å². The van der Waals surface area contributed by atoms with Gasteiger partial charge in [0.25, 0.3) is 0 Å². The Morgan fingerprint density at radius 2 is 2.00 bits per heavy atom. The van der Waals surface area contributed by atoms with Crippen molar-refractivity contribution in [3.05, 3.63) is 47.0 Å². The summed E-state index contributed by atoms with van der Waals surface area (Å²) >= 11 is 5.33. The molecule has 0 aliphatic rings. The van der Waals surface area contributed by atoms with E-state index in [1.54, 1.807) is 6.08 Å². The second kappa shape index (κ2) is 5.45. The lowest BCUT2D eigenvalue weighted by Crippen LogP contribution is -1.79. The molecular weight excluding hydrogens is 180 g/mol. The van der Waals surface area contributed by atoms with E-state index in [0.717, 1.165) is 12.0 Å². The van der Waals surface area contributed by atoms with Gasteiger partial charge in [-0.25, -0.2) is 0 Å². The molecule has 1 aromatic carbocycles. The van der Waals surface area contributed by atoms with Gasteiger partial charge in [-0.2, -0.15) is 0 Å². The first-order valence-electron chi connectivity index (χ1n) is 4.22. The van der Waals surface area contributed by atoms with Crippen LogP contribution in [0, 0.1) is 11.8 Å². The predicted molar refractivity (Wildman–Crippen MR) is 57.7 cm³/mol. The Bertz CT molecular complexity index is 336. The fraction of sp³-hybridized carbons (Fsp3) is 0.167. The Morgan fingerprint density at radius 1 is 1.31 bits per heavy atom. The van der Waals surface area contributed by atoms with E-state index >= 15 is 0 Å². The van der Waals surface area contributed by atoms with Crippen molar-refractivity contribution in [1.29, 1.82) is 0 Å². The Kier molecular flexibility index (Phi) is 4.15. The van der Waals surface area contributed by atoms with Gasteiger partial charge < -0.3 is 0 Å². The molecule has 66 valence electrons. The number of halogens is 1. The van der Waals surface area contributed by atoms with E-state index in [-0.39, 0.29) is 0 Å². The standard InChI is InChI=1S/C12H11Cl/c1-2-11-6-8-12(9-7-11)5-3-4-10-13/h4,6-10H,2H2,1H3/b10-4+.